The molecule has 1 saturated heterocycles. The van der Waals surface area contributed by atoms with Crippen molar-refractivity contribution in [2.24, 2.45) is 0 Å². The smallest absolute Gasteiger partial charge is 0.318 e. The lowest BCUT2D eigenvalue weighted by molar-refractivity contribution is -0.131. The first-order valence-electron chi connectivity index (χ1n) is 8.72. The summed E-state index contributed by atoms with van der Waals surface area (Å²) in [6.07, 6.45) is 2.97. The molecule has 1 atom stereocenters. The van der Waals surface area contributed by atoms with E-state index >= 15 is 0 Å². The van der Waals surface area contributed by atoms with Crippen LogP contribution < -0.4 is 10.6 Å². The number of rotatable bonds is 3. The van der Waals surface area contributed by atoms with E-state index in [0.717, 1.165) is 32.4 Å². The van der Waals surface area contributed by atoms with Gasteiger partial charge in [0.05, 0.1) is 6.54 Å². The predicted octanol–water partition coefficient (Wildman–Crippen LogP) is 1.39. The molecule has 1 fully saturated rings. The fourth-order valence-electron chi connectivity index (χ4n) is 3.48. The monoisotopic (exact) mass is 366 g/mol. The van der Waals surface area contributed by atoms with Crippen molar-refractivity contribution in [3.05, 3.63) is 35.4 Å². The number of benzene rings is 1. The Balaban J connectivity index is 0.00000225. The molecule has 2 aliphatic rings. The van der Waals surface area contributed by atoms with Crippen LogP contribution in [0.3, 0.4) is 0 Å². The molecule has 2 heterocycles. The molecule has 6 nitrogen and oxygen atoms in total. The number of fused-ring (bicyclic) bond motifs is 1. The van der Waals surface area contributed by atoms with Gasteiger partial charge in [-0.2, -0.15) is 0 Å². The van der Waals surface area contributed by atoms with Crippen LogP contribution in [0.4, 0.5) is 4.79 Å². The number of carbonyl (C=O) groups excluding carboxylic acids is 2. The molecule has 0 saturated carbocycles. The Hall–Kier alpha value is -1.79. The van der Waals surface area contributed by atoms with Gasteiger partial charge in [-0.05, 0) is 37.4 Å². The fraction of sp³-hybridized carbons (Fsp3) is 0.556. The van der Waals surface area contributed by atoms with Crippen LogP contribution in [0, 0.1) is 0 Å². The van der Waals surface area contributed by atoms with Crippen molar-refractivity contribution in [2.75, 3.05) is 33.2 Å². The minimum Gasteiger partial charge on any atom is -0.340 e. The van der Waals surface area contributed by atoms with Crippen molar-refractivity contribution >= 4 is 24.3 Å². The molecule has 1 unspecified atom stereocenters. The van der Waals surface area contributed by atoms with E-state index in [9.17, 15) is 9.59 Å². The minimum absolute atomic E-state index is 0. The number of urea groups is 1. The minimum atomic E-state index is -0.153. The van der Waals surface area contributed by atoms with E-state index in [1.807, 2.05) is 24.1 Å². The number of carbonyl (C=O) groups is 2. The predicted molar refractivity (Wildman–Crippen MR) is 99.9 cm³/mol. The van der Waals surface area contributed by atoms with E-state index in [1.54, 1.807) is 4.90 Å². The zero-order valence-corrected chi connectivity index (χ0v) is 15.5. The summed E-state index contributed by atoms with van der Waals surface area (Å²) in [5.41, 5.74) is 2.50. The van der Waals surface area contributed by atoms with Gasteiger partial charge in [-0.15, -0.1) is 12.4 Å². The molecule has 138 valence electrons. The lowest BCUT2D eigenvalue weighted by Gasteiger charge is -2.33. The normalized spacial score (nSPS) is 19.6. The highest BCUT2D eigenvalue weighted by Gasteiger charge is 2.24. The number of hydrogen-bond donors (Lipinski definition) is 2. The molecule has 2 N–H and O–H groups in total. The second-order valence-corrected chi connectivity index (χ2v) is 6.57. The molecule has 1 aromatic carbocycles. The highest BCUT2D eigenvalue weighted by atomic mass is 35.5. The Morgan fingerprint density at radius 3 is 2.68 bits per heavy atom. The second kappa shape index (κ2) is 9.06. The Morgan fingerprint density at radius 1 is 1.16 bits per heavy atom. The molecule has 0 aliphatic carbocycles. The van der Waals surface area contributed by atoms with Gasteiger partial charge in [0.2, 0.25) is 5.91 Å². The molecule has 0 bridgehead atoms. The van der Waals surface area contributed by atoms with Crippen LogP contribution >= 0.6 is 12.4 Å². The Labute approximate surface area is 155 Å². The van der Waals surface area contributed by atoms with Gasteiger partial charge in [-0.3, -0.25) is 4.79 Å². The lowest BCUT2D eigenvalue weighted by atomic mass is 10.0. The van der Waals surface area contributed by atoms with Gasteiger partial charge in [0.15, 0.2) is 0 Å². The Bertz CT molecular complexity index is 610. The van der Waals surface area contributed by atoms with Crippen LogP contribution in [-0.2, 0) is 17.8 Å². The standard InChI is InChI=1S/C18H26N4O2.ClH/c1-19-16-7-4-9-21(13-16)17(23)11-20-18(24)22-10-8-14-5-2-3-6-15(14)12-22;/h2-3,5-6,16,19H,4,7-13H2,1H3,(H,20,24);1H. The molecule has 25 heavy (non-hydrogen) atoms. The number of amides is 3. The first-order chi connectivity index (χ1) is 11.7. The van der Waals surface area contributed by atoms with E-state index in [1.165, 1.54) is 11.1 Å². The van der Waals surface area contributed by atoms with Gasteiger partial charge in [-0.1, -0.05) is 24.3 Å². The van der Waals surface area contributed by atoms with E-state index in [2.05, 4.69) is 22.8 Å². The van der Waals surface area contributed by atoms with E-state index in [4.69, 9.17) is 0 Å². The SMILES string of the molecule is CNC1CCCN(C(=O)CNC(=O)N2CCc3ccccc3C2)C1.Cl. The third-order valence-electron chi connectivity index (χ3n) is 4.99. The molecule has 7 heteroatoms. The summed E-state index contributed by atoms with van der Waals surface area (Å²) in [4.78, 5) is 28.3. The summed E-state index contributed by atoms with van der Waals surface area (Å²) in [7, 11) is 1.93. The van der Waals surface area contributed by atoms with Gasteiger partial charge >= 0.3 is 6.03 Å². The number of likely N-dealkylation sites (tertiary alicyclic amines) is 1. The van der Waals surface area contributed by atoms with Crippen LogP contribution in [0.2, 0.25) is 0 Å². The summed E-state index contributed by atoms with van der Waals surface area (Å²) in [5, 5.41) is 6.01. The third-order valence-corrected chi connectivity index (χ3v) is 4.99. The zero-order valence-electron chi connectivity index (χ0n) is 14.7. The summed E-state index contributed by atoms with van der Waals surface area (Å²) in [6.45, 7) is 2.89. The van der Waals surface area contributed by atoms with Crippen molar-refractivity contribution in [1.82, 2.24) is 20.4 Å². The average Bonchev–Trinajstić information content (AvgIpc) is 2.65. The van der Waals surface area contributed by atoms with Crippen LogP contribution in [0.15, 0.2) is 24.3 Å². The number of hydrogen-bond acceptors (Lipinski definition) is 3. The van der Waals surface area contributed by atoms with Gasteiger partial charge in [0.25, 0.3) is 0 Å². The topological polar surface area (TPSA) is 64.7 Å². The van der Waals surface area contributed by atoms with Crippen molar-refractivity contribution in [2.45, 2.75) is 31.8 Å². The van der Waals surface area contributed by atoms with E-state index in [0.29, 0.717) is 19.1 Å². The molecule has 0 radical (unpaired) electrons. The van der Waals surface area contributed by atoms with E-state index in [-0.39, 0.29) is 30.9 Å². The van der Waals surface area contributed by atoms with Gasteiger partial charge in [0, 0.05) is 32.2 Å². The van der Waals surface area contributed by atoms with Crippen molar-refractivity contribution < 1.29 is 9.59 Å². The average molecular weight is 367 g/mol. The first-order valence-corrected chi connectivity index (χ1v) is 8.72. The van der Waals surface area contributed by atoms with Crippen LogP contribution in [0.25, 0.3) is 0 Å². The fourth-order valence-corrected chi connectivity index (χ4v) is 3.48. The second-order valence-electron chi connectivity index (χ2n) is 6.57. The highest BCUT2D eigenvalue weighted by molar-refractivity contribution is 5.85. The summed E-state index contributed by atoms with van der Waals surface area (Å²) in [5.74, 6) is 0.000657. The van der Waals surface area contributed by atoms with Gasteiger partial charge in [0.1, 0.15) is 0 Å². The maximum absolute atomic E-state index is 12.3. The molecule has 0 aromatic heterocycles. The molecule has 3 amide bonds. The Kier molecular flexibility index (Phi) is 7.08. The van der Waals surface area contributed by atoms with Crippen molar-refractivity contribution in [1.29, 1.82) is 0 Å². The van der Waals surface area contributed by atoms with Crippen LogP contribution in [-0.4, -0.2) is 61.0 Å². The maximum Gasteiger partial charge on any atom is 0.318 e. The molecular formula is C18H27ClN4O2. The molecule has 3 rings (SSSR count). The summed E-state index contributed by atoms with van der Waals surface area (Å²) < 4.78 is 0. The highest BCUT2D eigenvalue weighted by Crippen LogP contribution is 2.18. The number of likely N-dealkylation sites (N-methyl/N-ethyl adjacent to an activating group) is 1. The Morgan fingerprint density at radius 2 is 1.92 bits per heavy atom. The summed E-state index contributed by atoms with van der Waals surface area (Å²) >= 11 is 0. The van der Waals surface area contributed by atoms with Crippen molar-refractivity contribution in [3.8, 4) is 0 Å². The number of piperidine rings is 1. The van der Waals surface area contributed by atoms with Gasteiger partial charge in [-0.25, -0.2) is 4.79 Å². The first kappa shape index (κ1) is 19.5. The molecule has 1 aromatic rings. The third kappa shape index (κ3) is 4.86. The van der Waals surface area contributed by atoms with E-state index < -0.39 is 0 Å². The number of halogens is 1. The largest absolute Gasteiger partial charge is 0.340 e. The number of nitrogens with one attached hydrogen (secondary N) is 2. The number of nitrogens with zero attached hydrogens (tertiary/aromatic N) is 2. The summed E-state index contributed by atoms with van der Waals surface area (Å²) in [6, 6.07) is 8.41. The molecule has 2 aliphatic heterocycles. The molecular weight excluding hydrogens is 340 g/mol. The molecule has 0 spiro atoms. The maximum atomic E-state index is 12.3. The van der Waals surface area contributed by atoms with Crippen LogP contribution in [0.5, 0.6) is 0 Å². The quantitative estimate of drug-likeness (QED) is 0.849. The van der Waals surface area contributed by atoms with Gasteiger partial charge < -0.3 is 20.4 Å². The zero-order chi connectivity index (χ0) is 16.9. The van der Waals surface area contributed by atoms with Crippen molar-refractivity contribution in [3.63, 3.8) is 0 Å². The van der Waals surface area contributed by atoms with Crippen LogP contribution in [0.1, 0.15) is 24.0 Å². The lowest BCUT2D eigenvalue weighted by Crippen LogP contribution is -2.51.